The molecule has 0 spiro atoms. The summed E-state index contributed by atoms with van der Waals surface area (Å²) in [5.74, 6) is 0.624. The number of aryl methyl sites for hydroxylation is 1. The highest BCUT2D eigenvalue weighted by Crippen LogP contribution is 2.16. The van der Waals surface area contributed by atoms with Crippen LogP contribution in [0.3, 0.4) is 0 Å². The number of pyridine rings is 1. The van der Waals surface area contributed by atoms with Crippen molar-refractivity contribution in [1.82, 2.24) is 4.98 Å². The maximum atomic E-state index is 8.84. The van der Waals surface area contributed by atoms with Crippen molar-refractivity contribution in [2.75, 3.05) is 25.1 Å². The van der Waals surface area contributed by atoms with E-state index >= 15 is 0 Å². The van der Waals surface area contributed by atoms with Gasteiger partial charge in [-0.15, -0.1) is 0 Å². The zero-order chi connectivity index (χ0) is 11.4. The van der Waals surface area contributed by atoms with Gasteiger partial charge in [0.1, 0.15) is 11.7 Å². The van der Waals surface area contributed by atoms with E-state index < -0.39 is 0 Å². The second kappa shape index (κ2) is 4.75. The number of likely N-dealkylation sites (N-methyl/N-ethyl adjacent to an activating group) is 1. The first-order valence-corrected chi connectivity index (χ1v) is 4.70. The molecule has 0 radical (unpaired) electrons. The molecular formula is C10H16N4O. The van der Waals surface area contributed by atoms with Crippen molar-refractivity contribution in [3.63, 3.8) is 0 Å². The van der Waals surface area contributed by atoms with Crippen molar-refractivity contribution in [2.24, 2.45) is 5.73 Å². The van der Waals surface area contributed by atoms with Gasteiger partial charge in [0.25, 0.3) is 0 Å². The van der Waals surface area contributed by atoms with Crippen LogP contribution < -0.4 is 10.6 Å². The molecule has 0 aliphatic heterocycles. The first-order chi connectivity index (χ1) is 7.06. The van der Waals surface area contributed by atoms with E-state index in [4.69, 9.17) is 16.2 Å². The number of aliphatic hydroxyl groups excluding tert-OH is 1. The summed E-state index contributed by atoms with van der Waals surface area (Å²) in [4.78, 5) is 6.09. The molecule has 1 rings (SSSR count). The molecule has 0 saturated carbocycles. The fraction of sp³-hybridized carbons (Fsp3) is 0.400. The Labute approximate surface area is 89.1 Å². The number of nitrogens with one attached hydrogen (secondary N) is 1. The molecule has 0 aliphatic rings. The van der Waals surface area contributed by atoms with Crippen LogP contribution in [0.5, 0.6) is 0 Å². The number of nitrogens with two attached hydrogens (primary N) is 1. The number of rotatable bonds is 4. The summed E-state index contributed by atoms with van der Waals surface area (Å²) in [6.07, 6.45) is 0. The van der Waals surface area contributed by atoms with Gasteiger partial charge in [-0.05, 0) is 19.1 Å². The van der Waals surface area contributed by atoms with Crippen LogP contribution in [0.15, 0.2) is 12.1 Å². The Hall–Kier alpha value is -1.62. The molecule has 1 heterocycles. The third-order valence-electron chi connectivity index (χ3n) is 2.10. The summed E-state index contributed by atoms with van der Waals surface area (Å²) >= 11 is 0. The highest BCUT2D eigenvalue weighted by molar-refractivity contribution is 5.99. The number of aromatic nitrogens is 1. The minimum absolute atomic E-state index is 0.0118. The minimum atomic E-state index is -0.0118. The summed E-state index contributed by atoms with van der Waals surface area (Å²) in [6, 6.07) is 3.58. The number of anilines is 1. The number of nitrogens with zero attached hydrogens (tertiary/aromatic N) is 2. The quantitative estimate of drug-likeness (QED) is 0.484. The van der Waals surface area contributed by atoms with Crippen LogP contribution in [-0.2, 0) is 0 Å². The second-order valence-electron chi connectivity index (χ2n) is 3.38. The largest absolute Gasteiger partial charge is 0.395 e. The normalized spacial score (nSPS) is 10.1. The molecule has 0 amide bonds. The summed E-state index contributed by atoms with van der Waals surface area (Å²) in [6.45, 7) is 2.39. The maximum Gasteiger partial charge on any atom is 0.139 e. The van der Waals surface area contributed by atoms with Gasteiger partial charge in [0.15, 0.2) is 0 Å². The Balaban J connectivity index is 3.12. The standard InChI is InChI=1S/C10H16N4O/c1-7-3-4-8(9(11)12)10(13-7)14(2)5-6-15/h3-4,15H,5-6H2,1-2H3,(H3,11,12). The van der Waals surface area contributed by atoms with E-state index in [1.807, 2.05) is 20.0 Å². The minimum Gasteiger partial charge on any atom is -0.395 e. The van der Waals surface area contributed by atoms with E-state index in [0.29, 0.717) is 17.9 Å². The molecule has 5 nitrogen and oxygen atoms in total. The molecule has 0 aromatic carbocycles. The average Bonchev–Trinajstić information content (AvgIpc) is 2.17. The monoisotopic (exact) mass is 208 g/mol. The molecule has 1 aromatic heterocycles. The lowest BCUT2D eigenvalue weighted by Gasteiger charge is -2.20. The molecule has 0 fully saturated rings. The molecule has 4 N–H and O–H groups in total. The average molecular weight is 208 g/mol. The Morgan fingerprint density at radius 1 is 1.60 bits per heavy atom. The van der Waals surface area contributed by atoms with Gasteiger partial charge in [0.2, 0.25) is 0 Å². The molecule has 82 valence electrons. The smallest absolute Gasteiger partial charge is 0.139 e. The highest BCUT2D eigenvalue weighted by Gasteiger charge is 2.11. The maximum absolute atomic E-state index is 8.84. The molecule has 0 saturated heterocycles. The van der Waals surface area contributed by atoms with Crippen LogP contribution in [0.1, 0.15) is 11.3 Å². The summed E-state index contributed by atoms with van der Waals surface area (Å²) in [5.41, 5.74) is 6.91. The second-order valence-corrected chi connectivity index (χ2v) is 3.38. The van der Waals surface area contributed by atoms with Gasteiger partial charge >= 0.3 is 0 Å². The van der Waals surface area contributed by atoms with E-state index in [9.17, 15) is 0 Å². The lowest BCUT2D eigenvalue weighted by atomic mass is 10.2. The zero-order valence-corrected chi connectivity index (χ0v) is 8.99. The van der Waals surface area contributed by atoms with Gasteiger partial charge in [0.05, 0.1) is 12.2 Å². The molecule has 0 unspecified atom stereocenters. The predicted molar refractivity (Wildman–Crippen MR) is 60.3 cm³/mol. The van der Waals surface area contributed by atoms with E-state index in [1.165, 1.54) is 0 Å². The molecule has 5 heteroatoms. The van der Waals surface area contributed by atoms with Gasteiger partial charge < -0.3 is 15.7 Å². The number of hydrogen-bond donors (Lipinski definition) is 3. The lowest BCUT2D eigenvalue weighted by molar-refractivity contribution is 0.304. The summed E-state index contributed by atoms with van der Waals surface area (Å²) in [7, 11) is 1.81. The van der Waals surface area contributed by atoms with E-state index in [-0.39, 0.29) is 12.4 Å². The van der Waals surface area contributed by atoms with Crippen molar-refractivity contribution in [3.8, 4) is 0 Å². The van der Waals surface area contributed by atoms with Crippen molar-refractivity contribution in [3.05, 3.63) is 23.4 Å². The van der Waals surface area contributed by atoms with Crippen LogP contribution in [0.25, 0.3) is 0 Å². The van der Waals surface area contributed by atoms with Gasteiger partial charge in [-0.25, -0.2) is 4.98 Å². The number of aliphatic hydroxyl groups is 1. The zero-order valence-electron chi connectivity index (χ0n) is 8.99. The van der Waals surface area contributed by atoms with Gasteiger partial charge in [-0.2, -0.15) is 0 Å². The van der Waals surface area contributed by atoms with Crippen molar-refractivity contribution >= 4 is 11.7 Å². The van der Waals surface area contributed by atoms with Crippen molar-refractivity contribution in [1.29, 1.82) is 5.41 Å². The molecular weight excluding hydrogens is 192 g/mol. The van der Waals surface area contributed by atoms with E-state index in [0.717, 1.165) is 5.69 Å². The molecule has 15 heavy (non-hydrogen) atoms. The Bertz CT molecular complexity index is 364. The van der Waals surface area contributed by atoms with Crippen LogP contribution in [0.2, 0.25) is 0 Å². The number of nitrogen functional groups attached to an aromatic ring is 1. The molecule has 1 aromatic rings. The molecule has 0 aliphatic carbocycles. The Kier molecular flexibility index (Phi) is 3.62. The SMILES string of the molecule is Cc1ccc(C(=N)N)c(N(C)CCO)n1. The van der Waals surface area contributed by atoms with Gasteiger partial charge in [0, 0.05) is 19.3 Å². The van der Waals surface area contributed by atoms with E-state index in [2.05, 4.69) is 4.98 Å². The van der Waals surface area contributed by atoms with Crippen molar-refractivity contribution < 1.29 is 5.11 Å². The fourth-order valence-electron chi connectivity index (χ4n) is 1.30. The topological polar surface area (TPSA) is 86.2 Å². The number of amidine groups is 1. The fourth-order valence-corrected chi connectivity index (χ4v) is 1.30. The van der Waals surface area contributed by atoms with Gasteiger partial charge in [-0.1, -0.05) is 0 Å². The van der Waals surface area contributed by atoms with Crippen molar-refractivity contribution in [2.45, 2.75) is 6.92 Å². The molecule has 0 atom stereocenters. The summed E-state index contributed by atoms with van der Waals surface area (Å²) in [5, 5.41) is 16.3. The Morgan fingerprint density at radius 2 is 2.27 bits per heavy atom. The van der Waals surface area contributed by atoms with Crippen LogP contribution in [-0.4, -0.2) is 36.1 Å². The van der Waals surface area contributed by atoms with Crippen LogP contribution in [0.4, 0.5) is 5.82 Å². The lowest BCUT2D eigenvalue weighted by Crippen LogP contribution is -2.26. The first-order valence-electron chi connectivity index (χ1n) is 4.70. The van der Waals surface area contributed by atoms with Crippen LogP contribution >= 0.6 is 0 Å². The summed E-state index contributed by atoms with van der Waals surface area (Å²) < 4.78 is 0. The first kappa shape index (κ1) is 11.5. The van der Waals surface area contributed by atoms with Gasteiger partial charge in [-0.3, -0.25) is 5.41 Å². The van der Waals surface area contributed by atoms with E-state index in [1.54, 1.807) is 11.0 Å². The third kappa shape index (κ3) is 2.66. The number of hydrogen-bond acceptors (Lipinski definition) is 4. The predicted octanol–water partition coefficient (Wildman–Crippen LogP) is 0.103. The highest BCUT2D eigenvalue weighted by atomic mass is 16.3. The Morgan fingerprint density at radius 3 is 2.80 bits per heavy atom. The molecule has 0 bridgehead atoms. The van der Waals surface area contributed by atoms with Crippen LogP contribution in [0, 0.1) is 12.3 Å². The third-order valence-corrected chi connectivity index (χ3v) is 2.10.